The van der Waals surface area contributed by atoms with Gasteiger partial charge in [-0.15, -0.1) is 0 Å². The van der Waals surface area contributed by atoms with E-state index in [2.05, 4.69) is 17.2 Å². The first-order valence-electron chi connectivity index (χ1n) is 6.18. The number of fused-ring (bicyclic) bond motifs is 1. The summed E-state index contributed by atoms with van der Waals surface area (Å²) in [5.74, 6) is -0.291. The molecule has 0 atom stereocenters. The van der Waals surface area contributed by atoms with Gasteiger partial charge in [-0.2, -0.15) is 0 Å². The minimum Gasteiger partial charge on any atom is -0.385 e. The molecule has 2 rings (SSSR count). The highest BCUT2D eigenvalue weighted by Crippen LogP contribution is 2.31. The number of aromatic nitrogens is 1. The third-order valence-electron chi connectivity index (χ3n) is 2.79. The zero-order valence-corrected chi connectivity index (χ0v) is 11.3. The molecule has 0 aliphatic rings. The number of rotatable bonds is 4. The molecule has 0 unspecified atom stereocenters. The summed E-state index contributed by atoms with van der Waals surface area (Å²) in [6.07, 6.45) is 1.86. The van der Waals surface area contributed by atoms with Crippen molar-refractivity contribution < 1.29 is 4.39 Å². The van der Waals surface area contributed by atoms with Crippen molar-refractivity contribution in [3.63, 3.8) is 0 Å². The van der Waals surface area contributed by atoms with Gasteiger partial charge in [-0.3, -0.25) is 4.98 Å². The molecule has 1 heterocycles. The van der Waals surface area contributed by atoms with E-state index in [-0.39, 0.29) is 5.82 Å². The fraction of sp³-hybridized carbons (Fsp3) is 0.357. The Labute approximate surface area is 111 Å². The summed E-state index contributed by atoms with van der Waals surface area (Å²) in [6, 6.07) is 4.85. The number of pyridine rings is 1. The maximum Gasteiger partial charge on any atom is 0.134 e. The molecule has 0 spiro atoms. The van der Waals surface area contributed by atoms with Crippen molar-refractivity contribution in [1.29, 1.82) is 0 Å². The average molecular weight is 267 g/mol. The van der Waals surface area contributed by atoms with Crippen LogP contribution in [0.3, 0.4) is 0 Å². The number of benzene rings is 1. The van der Waals surface area contributed by atoms with Crippen molar-refractivity contribution in [3.05, 3.63) is 34.7 Å². The second kappa shape index (κ2) is 5.53. The number of aryl methyl sites for hydroxylation is 1. The summed E-state index contributed by atoms with van der Waals surface area (Å²) in [7, 11) is 0. The van der Waals surface area contributed by atoms with E-state index in [0.29, 0.717) is 15.9 Å². The Morgan fingerprint density at radius 1 is 1.33 bits per heavy atom. The molecule has 1 aromatic heterocycles. The molecule has 2 aromatic rings. The van der Waals surface area contributed by atoms with Gasteiger partial charge >= 0.3 is 0 Å². The van der Waals surface area contributed by atoms with E-state index < -0.39 is 0 Å². The van der Waals surface area contributed by atoms with E-state index in [0.717, 1.165) is 30.8 Å². The zero-order chi connectivity index (χ0) is 13.1. The minimum atomic E-state index is -0.291. The van der Waals surface area contributed by atoms with Crippen LogP contribution in [0.1, 0.15) is 26.0 Å². The van der Waals surface area contributed by atoms with Crippen LogP contribution in [0.15, 0.2) is 18.2 Å². The maximum absolute atomic E-state index is 13.9. The summed E-state index contributed by atoms with van der Waals surface area (Å²) >= 11 is 6.12. The molecule has 2 nitrogen and oxygen atoms in total. The monoisotopic (exact) mass is 266 g/mol. The molecular weight excluding hydrogens is 251 g/mol. The summed E-state index contributed by atoms with van der Waals surface area (Å²) < 4.78 is 13.9. The lowest BCUT2D eigenvalue weighted by Crippen LogP contribution is -2.02. The molecule has 0 radical (unpaired) electrons. The third-order valence-corrected chi connectivity index (χ3v) is 3.09. The van der Waals surface area contributed by atoms with Crippen LogP contribution in [-0.4, -0.2) is 11.5 Å². The van der Waals surface area contributed by atoms with Crippen molar-refractivity contribution >= 4 is 28.2 Å². The van der Waals surface area contributed by atoms with E-state index in [9.17, 15) is 4.39 Å². The smallest absolute Gasteiger partial charge is 0.134 e. The molecule has 18 heavy (non-hydrogen) atoms. The lowest BCUT2D eigenvalue weighted by Gasteiger charge is -2.12. The number of hydrogen-bond acceptors (Lipinski definition) is 2. The van der Waals surface area contributed by atoms with Gasteiger partial charge in [0.05, 0.1) is 15.9 Å². The van der Waals surface area contributed by atoms with E-state index in [1.54, 1.807) is 6.07 Å². The highest BCUT2D eigenvalue weighted by molar-refractivity contribution is 6.35. The fourth-order valence-electron chi connectivity index (χ4n) is 2.04. The zero-order valence-electron chi connectivity index (χ0n) is 10.6. The average Bonchev–Trinajstić information content (AvgIpc) is 2.34. The Morgan fingerprint density at radius 2 is 2.11 bits per heavy atom. The molecule has 0 aliphatic carbocycles. The SMILES string of the molecule is CCCc1cc(NCC)c2c(F)ccc(Cl)c2n1. The van der Waals surface area contributed by atoms with Crippen LogP contribution in [0.2, 0.25) is 5.02 Å². The largest absolute Gasteiger partial charge is 0.385 e. The van der Waals surface area contributed by atoms with Crippen molar-refractivity contribution in [2.45, 2.75) is 26.7 Å². The Morgan fingerprint density at radius 3 is 2.78 bits per heavy atom. The normalized spacial score (nSPS) is 10.9. The van der Waals surface area contributed by atoms with Gasteiger partial charge in [0.15, 0.2) is 0 Å². The molecule has 1 N–H and O–H groups in total. The lowest BCUT2D eigenvalue weighted by molar-refractivity contribution is 0.639. The third kappa shape index (κ3) is 2.41. The fourth-order valence-corrected chi connectivity index (χ4v) is 2.24. The van der Waals surface area contributed by atoms with Gasteiger partial charge in [0.1, 0.15) is 5.82 Å². The number of hydrogen-bond donors (Lipinski definition) is 1. The number of anilines is 1. The van der Waals surface area contributed by atoms with Gasteiger partial charge < -0.3 is 5.32 Å². The topological polar surface area (TPSA) is 24.9 Å². The van der Waals surface area contributed by atoms with Crippen molar-refractivity contribution in [2.75, 3.05) is 11.9 Å². The van der Waals surface area contributed by atoms with Gasteiger partial charge in [-0.25, -0.2) is 4.39 Å². The molecule has 1 aromatic carbocycles. The van der Waals surface area contributed by atoms with Crippen LogP contribution in [-0.2, 0) is 6.42 Å². The van der Waals surface area contributed by atoms with Crippen LogP contribution >= 0.6 is 11.6 Å². The first-order chi connectivity index (χ1) is 8.67. The maximum atomic E-state index is 13.9. The molecule has 0 saturated heterocycles. The Bertz CT molecular complexity index is 569. The second-order valence-electron chi connectivity index (χ2n) is 4.19. The molecule has 4 heteroatoms. The Kier molecular flexibility index (Phi) is 4.02. The van der Waals surface area contributed by atoms with E-state index in [4.69, 9.17) is 11.6 Å². The lowest BCUT2D eigenvalue weighted by atomic mass is 10.1. The summed E-state index contributed by atoms with van der Waals surface area (Å²) in [5, 5.41) is 4.14. The highest BCUT2D eigenvalue weighted by atomic mass is 35.5. The number of nitrogens with one attached hydrogen (secondary N) is 1. The molecule has 0 amide bonds. The van der Waals surface area contributed by atoms with Crippen molar-refractivity contribution in [2.24, 2.45) is 0 Å². The van der Waals surface area contributed by atoms with E-state index >= 15 is 0 Å². The van der Waals surface area contributed by atoms with Crippen LogP contribution in [0, 0.1) is 5.82 Å². The van der Waals surface area contributed by atoms with Crippen LogP contribution in [0.5, 0.6) is 0 Å². The number of halogens is 2. The van der Waals surface area contributed by atoms with Crippen molar-refractivity contribution in [3.8, 4) is 0 Å². The van der Waals surface area contributed by atoms with Gasteiger partial charge in [0.25, 0.3) is 0 Å². The summed E-state index contributed by atoms with van der Waals surface area (Å²) in [5.41, 5.74) is 2.25. The van der Waals surface area contributed by atoms with Gasteiger partial charge in [0, 0.05) is 17.9 Å². The first-order valence-corrected chi connectivity index (χ1v) is 6.56. The van der Waals surface area contributed by atoms with E-state index in [1.807, 2.05) is 13.0 Å². The van der Waals surface area contributed by atoms with E-state index in [1.165, 1.54) is 6.07 Å². The number of nitrogens with zero attached hydrogens (tertiary/aromatic N) is 1. The highest BCUT2D eigenvalue weighted by Gasteiger charge is 2.12. The predicted octanol–water partition coefficient (Wildman–Crippen LogP) is 4.41. The van der Waals surface area contributed by atoms with Crippen LogP contribution < -0.4 is 5.32 Å². The minimum absolute atomic E-state index is 0.291. The second-order valence-corrected chi connectivity index (χ2v) is 4.60. The Hall–Kier alpha value is -1.35. The molecule has 0 saturated carbocycles. The van der Waals surface area contributed by atoms with Crippen molar-refractivity contribution in [1.82, 2.24) is 4.98 Å². The molecule has 0 fully saturated rings. The van der Waals surface area contributed by atoms with Crippen LogP contribution in [0.25, 0.3) is 10.9 Å². The summed E-state index contributed by atoms with van der Waals surface area (Å²) in [6.45, 7) is 4.80. The molecule has 0 aliphatic heterocycles. The molecule has 96 valence electrons. The van der Waals surface area contributed by atoms with Crippen LogP contribution in [0.4, 0.5) is 10.1 Å². The quantitative estimate of drug-likeness (QED) is 0.887. The predicted molar refractivity (Wildman–Crippen MR) is 74.9 cm³/mol. The first kappa shape index (κ1) is 13.1. The standard InChI is InChI=1S/C14H16ClFN2/c1-3-5-9-8-12(17-4-2)13-11(16)7-6-10(15)14(13)18-9/h6-8H,3-5H2,1-2H3,(H,17,18). The van der Waals surface area contributed by atoms with Gasteiger partial charge in [0.2, 0.25) is 0 Å². The molecule has 0 bridgehead atoms. The Balaban J connectivity index is 2.72. The van der Waals surface area contributed by atoms with Gasteiger partial charge in [-0.05, 0) is 31.5 Å². The molecular formula is C14H16ClFN2. The van der Waals surface area contributed by atoms with Gasteiger partial charge in [-0.1, -0.05) is 24.9 Å². The summed E-state index contributed by atoms with van der Waals surface area (Å²) in [4.78, 5) is 4.46.